The molecular weight excluding hydrogens is 380 g/mol. The van der Waals surface area contributed by atoms with Crippen molar-refractivity contribution < 1.29 is 24.2 Å². The van der Waals surface area contributed by atoms with Gasteiger partial charge in [0.2, 0.25) is 0 Å². The number of carbonyl (C=O) groups is 2. The topological polar surface area (TPSA) is 72.8 Å². The number of rotatable bonds is 8. The molecule has 0 heterocycles. The van der Waals surface area contributed by atoms with Crippen LogP contribution in [0.2, 0.25) is 0 Å². The predicted octanol–water partition coefficient (Wildman–Crippen LogP) is 4.98. The third-order valence-electron chi connectivity index (χ3n) is 7.50. The molecule has 0 aliphatic heterocycles. The van der Waals surface area contributed by atoms with Crippen LogP contribution < -0.4 is 0 Å². The maximum absolute atomic E-state index is 13.2. The number of aliphatic hydroxyl groups excluding tert-OH is 1. The molecule has 5 heteroatoms. The van der Waals surface area contributed by atoms with E-state index >= 15 is 0 Å². The monoisotopic (exact) mass is 420 g/mol. The molecule has 2 aliphatic rings. The molecule has 0 aromatic carbocycles. The van der Waals surface area contributed by atoms with Crippen LogP contribution in [0.5, 0.6) is 0 Å². The average molecular weight is 421 g/mol. The number of carbonyl (C=O) groups excluding carboxylic acids is 2. The van der Waals surface area contributed by atoms with Crippen molar-refractivity contribution in [1.82, 2.24) is 0 Å². The summed E-state index contributed by atoms with van der Waals surface area (Å²) < 4.78 is 10.3. The van der Waals surface area contributed by atoms with Gasteiger partial charge in [-0.25, -0.2) is 0 Å². The van der Waals surface area contributed by atoms with Gasteiger partial charge in [-0.3, -0.25) is 9.59 Å². The van der Waals surface area contributed by atoms with Gasteiger partial charge in [0.1, 0.15) is 19.3 Å². The molecule has 1 fully saturated rings. The van der Waals surface area contributed by atoms with Crippen molar-refractivity contribution in [3.63, 3.8) is 0 Å². The van der Waals surface area contributed by atoms with Gasteiger partial charge in [-0.2, -0.15) is 0 Å². The molecule has 0 amide bonds. The van der Waals surface area contributed by atoms with E-state index in [9.17, 15) is 14.7 Å². The lowest BCUT2D eigenvalue weighted by molar-refractivity contribution is -0.171. The summed E-state index contributed by atoms with van der Waals surface area (Å²) in [5.74, 6) is -0.662. The van der Waals surface area contributed by atoms with Gasteiger partial charge >= 0.3 is 11.9 Å². The van der Waals surface area contributed by atoms with Gasteiger partial charge < -0.3 is 14.6 Å². The van der Waals surface area contributed by atoms with Gasteiger partial charge in [0.15, 0.2) is 0 Å². The van der Waals surface area contributed by atoms with Crippen LogP contribution in [0.25, 0.3) is 0 Å². The molecule has 0 aromatic rings. The first kappa shape index (κ1) is 24.6. The molecule has 1 unspecified atom stereocenters. The molecule has 2 aliphatic carbocycles. The minimum atomic E-state index is -0.998. The second kappa shape index (κ2) is 10.1. The van der Waals surface area contributed by atoms with E-state index in [0.717, 1.165) is 38.5 Å². The zero-order valence-corrected chi connectivity index (χ0v) is 19.6. The molecular formula is C25H40O5. The summed E-state index contributed by atoms with van der Waals surface area (Å²) in [6, 6.07) is 0. The molecule has 1 saturated carbocycles. The highest BCUT2D eigenvalue weighted by Crippen LogP contribution is 2.63. The zero-order chi connectivity index (χ0) is 22.5. The maximum atomic E-state index is 13.2. The molecule has 5 atom stereocenters. The van der Waals surface area contributed by atoms with E-state index in [-0.39, 0.29) is 41.8 Å². The number of hydrogen-bond donors (Lipinski definition) is 1. The summed E-state index contributed by atoms with van der Waals surface area (Å²) >= 11 is 0. The minimum absolute atomic E-state index is 0.0205. The molecule has 2 rings (SSSR count). The van der Waals surface area contributed by atoms with E-state index in [0.29, 0.717) is 0 Å². The largest absolute Gasteiger partial charge is 0.463 e. The van der Waals surface area contributed by atoms with Gasteiger partial charge in [0.25, 0.3) is 0 Å². The molecule has 170 valence electrons. The summed E-state index contributed by atoms with van der Waals surface area (Å²) in [6.07, 6.45) is 9.80. The lowest BCUT2D eigenvalue weighted by Crippen LogP contribution is -2.55. The first-order valence-electron chi connectivity index (χ1n) is 11.3. The molecule has 0 aromatic heterocycles. The highest BCUT2D eigenvalue weighted by atomic mass is 16.6. The standard InChI is InChI=1S/C25H40O5/c1-17(2)9-7-10-20-11-8-13-25(6)22(18(3)12-14-24(20,25)5)23(28)30-16-21(27)15-29-19(4)26/h9,11,18,21-22,27H,7-8,10,12-16H2,1-6H3/t18-,21+,22?,24-,25-/m1/s1. The Hall–Kier alpha value is -1.62. The van der Waals surface area contributed by atoms with E-state index < -0.39 is 12.1 Å². The smallest absolute Gasteiger partial charge is 0.309 e. The summed E-state index contributed by atoms with van der Waals surface area (Å²) in [4.78, 5) is 24.1. The third kappa shape index (κ3) is 5.35. The Labute approximate surface area is 181 Å². The fraction of sp³-hybridized carbons (Fsp3) is 0.760. The number of esters is 2. The quantitative estimate of drug-likeness (QED) is 0.443. The molecule has 0 bridgehead atoms. The van der Waals surface area contributed by atoms with Crippen LogP contribution in [0.3, 0.4) is 0 Å². The predicted molar refractivity (Wildman–Crippen MR) is 118 cm³/mol. The van der Waals surface area contributed by atoms with Crippen LogP contribution in [-0.4, -0.2) is 36.4 Å². The van der Waals surface area contributed by atoms with Crippen molar-refractivity contribution in [3.05, 3.63) is 23.3 Å². The Morgan fingerprint density at radius 1 is 1.20 bits per heavy atom. The Bertz CT molecular complexity index is 690. The van der Waals surface area contributed by atoms with E-state index in [1.165, 1.54) is 18.1 Å². The van der Waals surface area contributed by atoms with Gasteiger partial charge in [0, 0.05) is 6.92 Å². The average Bonchev–Trinajstić information content (AvgIpc) is 2.66. The van der Waals surface area contributed by atoms with E-state index in [1.54, 1.807) is 0 Å². The maximum Gasteiger partial charge on any atom is 0.309 e. The van der Waals surface area contributed by atoms with E-state index in [2.05, 4.69) is 46.8 Å². The SMILES string of the molecule is CC(=O)OC[C@H](O)COC(=O)C1[C@H](C)CC[C@]2(C)C(CCC=C(C)C)=CCC[C@]12C. The molecule has 0 spiro atoms. The second-order valence-electron chi connectivity index (χ2n) is 9.92. The fourth-order valence-corrected chi connectivity index (χ4v) is 5.59. The van der Waals surface area contributed by atoms with Crippen LogP contribution in [-0.2, 0) is 19.1 Å². The van der Waals surface area contributed by atoms with Crippen LogP contribution in [0, 0.1) is 22.7 Å². The van der Waals surface area contributed by atoms with Crippen molar-refractivity contribution >= 4 is 11.9 Å². The molecule has 0 radical (unpaired) electrons. The minimum Gasteiger partial charge on any atom is -0.463 e. The Kier molecular flexibility index (Phi) is 8.32. The number of hydrogen-bond acceptors (Lipinski definition) is 5. The summed E-state index contributed by atoms with van der Waals surface area (Å²) in [5, 5.41) is 9.97. The Balaban J connectivity index is 2.14. The summed E-state index contributed by atoms with van der Waals surface area (Å²) in [5.41, 5.74) is 2.63. The second-order valence-corrected chi connectivity index (χ2v) is 9.92. The van der Waals surface area contributed by atoms with Crippen LogP contribution in [0.15, 0.2) is 23.3 Å². The van der Waals surface area contributed by atoms with Gasteiger partial charge in [-0.1, -0.05) is 44.1 Å². The number of ether oxygens (including phenoxy) is 2. The third-order valence-corrected chi connectivity index (χ3v) is 7.50. The van der Waals surface area contributed by atoms with Crippen LogP contribution in [0.1, 0.15) is 80.1 Å². The first-order valence-corrected chi connectivity index (χ1v) is 11.3. The highest BCUT2D eigenvalue weighted by molar-refractivity contribution is 5.74. The molecule has 1 N–H and O–H groups in total. The van der Waals surface area contributed by atoms with Crippen molar-refractivity contribution in [2.24, 2.45) is 22.7 Å². The van der Waals surface area contributed by atoms with Crippen molar-refractivity contribution in [1.29, 1.82) is 0 Å². The highest BCUT2D eigenvalue weighted by Gasteiger charge is 2.58. The summed E-state index contributed by atoms with van der Waals surface area (Å²) in [7, 11) is 0. The Morgan fingerprint density at radius 2 is 1.87 bits per heavy atom. The van der Waals surface area contributed by atoms with Gasteiger partial charge in [-0.05, 0) is 69.1 Å². The number of aliphatic hydroxyl groups is 1. The fourth-order valence-electron chi connectivity index (χ4n) is 5.59. The molecule has 5 nitrogen and oxygen atoms in total. The lowest BCUT2D eigenvalue weighted by atomic mass is 9.45. The van der Waals surface area contributed by atoms with E-state index in [4.69, 9.17) is 9.47 Å². The summed E-state index contributed by atoms with van der Waals surface area (Å²) in [6.45, 7) is 12.0. The molecule has 0 saturated heterocycles. The first-order chi connectivity index (χ1) is 14.0. The van der Waals surface area contributed by atoms with Crippen LogP contribution in [0.4, 0.5) is 0 Å². The number of fused-ring (bicyclic) bond motifs is 1. The lowest BCUT2D eigenvalue weighted by Gasteiger charge is -2.59. The van der Waals surface area contributed by atoms with Crippen LogP contribution >= 0.6 is 0 Å². The van der Waals surface area contributed by atoms with Gasteiger partial charge in [-0.15, -0.1) is 0 Å². The zero-order valence-electron chi connectivity index (χ0n) is 19.6. The van der Waals surface area contributed by atoms with Crippen molar-refractivity contribution in [3.8, 4) is 0 Å². The number of allylic oxidation sites excluding steroid dienone is 4. The van der Waals surface area contributed by atoms with Gasteiger partial charge in [0.05, 0.1) is 5.92 Å². The van der Waals surface area contributed by atoms with Crippen molar-refractivity contribution in [2.75, 3.05) is 13.2 Å². The van der Waals surface area contributed by atoms with E-state index in [1.807, 2.05) is 0 Å². The Morgan fingerprint density at radius 3 is 2.50 bits per heavy atom. The van der Waals surface area contributed by atoms with Crippen molar-refractivity contribution in [2.45, 2.75) is 86.2 Å². The normalized spacial score (nSPS) is 31.8. The molecule has 30 heavy (non-hydrogen) atoms.